The minimum atomic E-state index is -2.99. The Bertz CT molecular complexity index is 763. The average Bonchev–Trinajstić information content (AvgIpc) is 3.09. The molecule has 3 heterocycles. The highest BCUT2D eigenvalue weighted by Crippen LogP contribution is 2.31. The molecule has 1 atom stereocenters. The smallest absolute Gasteiger partial charge is 0.263 e. The molecule has 112 valence electrons. The molecule has 8 heteroatoms. The zero-order chi connectivity index (χ0) is 15.0. The molecule has 0 aromatic carbocycles. The summed E-state index contributed by atoms with van der Waals surface area (Å²) in [7, 11) is -2.99. The molecule has 0 saturated carbocycles. The number of aromatic nitrogens is 1. The second kappa shape index (κ2) is 5.51. The lowest BCUT2D eigenvalue weighted by molar-refractivity contribution is 0.0944. The monoisotopic (exact) mass is 342 g/mol. The maximum absolute atomic E-state index is 12.3. The van der Waals surface area contributed by atoms with Crippen LogP contribution in [0.5, 0.6) is 0 Å². The summed E-state index contributed by atoms with van der Waals surface area (Å²) < 4.78 is 22.9. The Morgan fingerprint density at radius 1 is 1.48 bits per heavy atom. The lowest BCUT2D eigenvalue weighted by atomic mass is 10.2. The van der Waals surface area contributed by atoms with E-state index in [4.69, 9.17) is 0 Å². The first-order valence-electron chi connectivity index (χ1n) is 6.47. The lowest BCUT2D eigenvalue weighted by Crippen LogP contribution is -2.35. The van der Waals surface area contributed by atoms with Gasteiger partial charge in [0.05, 0.1) is 22.1 Å². The summed E-state index contributed by atoms with van der Waals surface area (Å²) in [5.74, 6) is -0.0380. The number of carbonyl (C=O) groups excluding carboxylic acids is 1. The second-order valence-electron chi connectivity index (χ2n) is 4.98. The van der Waals surface area contributed by atoms with E-state index >= 15 is 0 Å². The molecule has 1 aliphatic heterocycles. The standard InChI is InChI=1S/C13H14N2O3S3/c1-8-11(20-13(14-8)10-3-2-5-19-10)12(16)15-9-4-6-21(17,18)7-9/h2-3,5,9H,4,6-7H2,1H3,(H,15,16)/t9-/m1/s1. The third-order valence-electron chi connectivity index (χ3n) is 3.30. The van der Waals surface area contributed by atoms with Gasteiger partial charge in [-0.05, 0) is 24.8 Å². The lowest BCUT2D eigenvalue weighted by Gasteiger charge is -2.09. The van der Waals surface area contributed by atoms with Crippen LogP contribution in [0.15, 0.2) is 17.5 Å². The molecule has 0 bridgehead atoms. The minimum absolute atomic E-state index is 0.0361. The van der Waals surface area contributed by atoms with E-state index < -0.39 is 9.84 Å². The number of thiazole rings is 1. The molecule has 3 rings (SSSR count). The fourth-order valence-corrected chi connectivity index (χ4v) is 5.71. The summed E-state index contributed by atoms with van der Waals surface area (Å²) in [5, 5.41) is 5.60. The molecule has 1 aliphatic rings. The van der Waals surface area contributed by atoms with E-state index in [1.54, 1.807) is 18.3 Å². The Kier molecular flexibility index (Phi) is 3.85. The Hall–Kier alpha value is -1.25. The van der Waals surface area contributed by atoms with Crippen molar-refractivity contribution < 1.29 is 13.2 Å². The van der Waals surface area contributed by atoms with Crippen LogP contribution < -0.4 is 5.32 Å². The molecule has 21 heavy (non-hydrogen) atoms. The van der Waals surface area contributed by atoms with Crippen molar-refractivity contribution in [3.05, 3.63) is 28.1 Å². The van der Waals surface area contributed by atoms with E-state index in [-0.39, 0.29) is 23.5 Å². The Morgan fingerprint density at radius 3 is 2.90 bits per heavy atom. The van der Waals surface area contributed by atoms with Crippen LogP contribution in [0, 0.1) is 6.92 Å². The molecule has 1 fully saturated rings. The first-order chi connectivity index (χ1) is 9.94. The quantitative estimate of drug-likeness (QED) is 0.927. The van der Waals surface area contributed by atoms with Gasteiger partial charge in [-0.1, -0.05) is 6.07 Å². The van der Waals surface area contributed by atoms with Crippen LogP contribution in [-0.2, 0) is 9.84 Å². The van der Waals surface area contributed by atoms with Crippen molar-refractivity contribution in [2.75, 3.05) is 11.5 Å². The molecule has 1 saturated heterocycles. The van der Waals surface area contributed by atoms with Gasteiger partial charge in [0.15, 0.2) is 9.84 Å². The number of sulfone groups is 1. The van der Waals surface area contributed by atoms with E-state index in [1.165, 1.54) is 11.3 Å². The Labute approximate surface area is 131 Å². The molecule has 5 nitrogen and oxygen atoms in total. The maximum Gasteiger partial charge on any atom is 0.263 e. The number of hydrogen-bond donors (Lipinski definition) is 1. The molecular formula is C13H14N2O3S3. The second-order valence-corrected chi connectivity index (χ2v) is 9.16. The SMILES string of the molecule is Cc1nc(-c2cccs2)sc1C(=O)N[C@@H]1CCS(=O)(=O)C1. The van der Waals surface area contributed by atoms with Gasteiger partial charge in [-0.2, -0.15) is 0 Å². The van der Waals surface area contributed by atoms with Gasteiger partial charge in [0, 0.05) is 6.04 Å². The highest BCUT2D eigenvalue weighted by molar-refractivity contribution is 7.91. The summed E-state index contributed by atoms with van der Waals surface area (Å²) in [4.78, 5) is 18.3. The summed E-state index contributed by atoms with van der Waals surface area (Å²) in [6, 6.07) is 3.63. The van der Waals surface area contributed by atoms with Crippen LogP contribution >= 0.6 is 22.7 Å². The third kappa shape index (κ3) is 3.17. The van der Waals surface area contributed by atoms with E-state index in [2.05, 4.69) is 10.3 Å². The van der Waals surface area contributed by atoms with Crippen LogP contribution in [0.25, 0.3) is 9.88 Å². The van der Waals surface area contributed by atoms with Crippen molar-refractivity contribution >= 4 is 38.4 Å². The molecule has 0 radical (unpaired) electrons. The van der Waals surface area contributed by atoms with Crippen molar-refractivity contribution in [1.29, 1.82) is 0 Å². The summed E-state index contributed by atoms with van der Waals surface area (Å²) in [6.45, 7) is 1.80. The van der Waals surface area contributed by atoms with Gasteiger partial charge in [0.1, 0.15) is 9.88 Å². The van der Waals surface area contributed by atoms with Gasteiger partial charge in [0.25, 0.3) is 5.91 Å². The van der Waals surface area contributed by atoms with Gasteiger partial charge in [-0.15, -0.1) is 22.7 Å². The van der Waals surface area contributed by atoms with Gasteiger partial charge < -0.3 is 5.32 Å². The average molecular weight is 342 g/mol. The van der Waals surface area contributed by atoms with E-state index in [0.29, 0.717) is 17.0 Å². The number of amides is 1. The number of aryl methyl sites for hydroxylation is 1. The van der Waals surface area contributed by atoms with Crippen LogP contribution in [0.1, 0.15) is 21.8 Å². The molecule has 2 aromatic rings. The number of thiophene rings is 1. The highest BCUT2D eigenvalue weighted by atomic mass is 32.2. The zero-order valence-corrected chi connectivity index (χ0v) is 13.8. The molecule has 1 amide bonds. The molecule has 1 N–H and O–H groups in total. The number of nitrogens with one attached hydrogen (secondary N) is 1. The fraction of sp³-hybridized carbons (Fsp3) is 0.385. The molecule has 0 spiro atoms. The Morgan fingerprint density at radius 2 is 2.29 bits per heavy atom. The minimum Gasteiger partial charge on any atom is -0.347 e. The number of hydrogen-bond acceptors (Lipinski definition) is 6. The summed E-state index contributed by atoms with van der Waals surface area (Å²) >= 11 is 2.93. The first kappa shape index (κ1) is 14.7. The van der Waals surface area contributed by atoms with Gasteiger partial charge in [0.2, 0.25) is 0 Å². The topological polar surface area (TPSA) is 76.1 Å². The summed E-state index contributed by atoms with van der Waals surface area (Å²) in [5.41, 5.74) is 0.682. The Balaban J connectivity index is 1.76. The van der Waals surface area contributed by atoms with Crippen molar-refractivity contribution in [3.63, 3.8) is 0 Å². The predicted molar refractivity (Wildman–Crippen MR) is 84.7 cm³/mol. The van der Waals surface area contributed by atoms with Crippen LogP contribution in [-0.4, -0.2) is 36.9 Å². The van der Waals surface area contributed by atoms with E-state index in [1.807, 2.05) is 17.5 Å². The normalized spacial score (nSPS) is 20.5. The van der Waals surface area contributed by atoms with Crippen molar-refractivity contribution in [1.82, 2.24) is 10.3 Å². The summed E-state index contributed by atoms with van der Waals surface area (Å²) in [6.07, 6.45) is 0.490. The van der Waals surface area contributed by atoms with Crippen LogP contribution in [0.4, 0.5) is 0 Å². The maximum atomic E-state index is 12.3. The first-order valence-corrected chi connectivity index (χ1v) is 9.99. The molecule has 2 aromatic heterocycles. The molecule has 0 unspecified atom stereocenters. The number of carbonyl (C=O) groups is 1. The van der Waals surface area contributed by atoms with Gasteiger partial charge >= 0.3 is 0 Å². The fourth-order valence-electron chi connectivity index (χ4n) is 2.27. The van der Waals surface area contributed by atoms with Crippen molar-refractivity contribution in [2.24, 2.45) is 0 Å². The third-order valence-corrected chi connectivity index (χ3v) is 7.27. The molecule has 0 aliphatic carbocycles. The van der Waals surface area contributed by atoms with Crippen LogP contribution in [0.2, 0.25) is 0 Å². The van der Waals surface area contributed by atoms with Crippen molar-refractivity contribution in [2.45, 2.75) is 19.4 Å². The zero-order valence-electron chi connectivity index (χ0n) is 11.3. The van der Waals surface area contributed by atoms with Gasteiger partial charge in [-0.25, -0.2) is 13.4 Å². The van der Waals surface area contributed by atoms with Crippen LogP contribution in [0.3, 0.4) is 0 Å². The molecular weight excluding hydrogens is 328 g/mol. The van der Waals surface area contributed by atoms with Gasteiger partial charge in [-0.3, -0.25) is 4.79 Å². The van der Waals surface area contributed by atoms with Crippen molar-refractivity contribution in [3.8, 4) is 9.88 Å². The predicted octanol–water partition coefficient (Wildman–Crippen LogP) is 2.10. The largest absolute Gasteiger partial charge is 0.347 e. The number of rotatable bonds is 3. The van der Waals surface area contributed by atoms with E-state index in [0.717, 1.165) is 9.88 Å². The highest BCUT2D eigenvalue weighted by Gasteiger charge is 2.30. The van der Waals surface area contributed by atoms with E-state index in [9.17, 15) is 13.2 Å². The number of nitrogens with zero attached hydrogens (tertiary/aromatic N) is 1.